The van der Waals surface area contributed by atoms with Crippen molar-refractivity contribution in [3.8, 4) is 11.4 Å². The molecule has 0 saturated heterocycles. The summed E-state index contributed by atoms with van der Waals surface area (Å²) in [6.45, 7) is 11.6. The lowest BCUT2D eigenvalue weighted by Crippen LogP contribution is -2.31. The molecule has 1 N–H and O–H groups in total. The Morgan fingerprint density at radius 2 is 1.82 bits per heavy atom. The van der Waals surface area contributed by atoms with Crippen LogP contribution in [0.3, 0.4) is 0 Å². The fraction of sp³-hybridized carbons (Fsp3) is 0.645. The number of aromatic nitrogens is 3. The van der Waals surface area contributed by atoms with Crippen LogP contribution in [0.25, 0.3) is 11.4 Å². The SMILES string of the molecule is Cc1c(C(=O)/N=C/C2CC(C(=O)O)C2)cc(-c2cc(C3(C)CC3)nc(C(C)(C)C)n2)n1CC1CCCCC1. The zero-order chi connectivity index (χ0) is 27.2. The van der Waals surface area contributed by atoms with Gasteiger partial charge in [0.05, 0.1) is 28.6 Å². The maximum absolute atomic E-state index is 13.3. The van der Waals surface area contributed by atoms with Crippen molar-refractivity contribution < 1.29 is 14.7 Å². The summed E-state index contributed by atoms with van der Waals surface area (Å²) in [4.78, 5) is 38.8. The van der Waals surface area contributed by atoms with Crippen LogP contribution in [0.4, 0.5) is 0 Å². The lowest BCUT2D eigenvalue weighted by molar-refractivity contribution is -0.145. The number of carboxylic acids is 1. The maximum Gasteiger partial charge on any atom is 0.306 e. The van der Waals surface area contributed by atoms with Crippen LogP contribution in [0.1, 0.15) is 113 Å². The number of hydrogen-bond acceptors (Lipinski definition) is 4. The van der Waals surface area contributed by atoms with Crippen LogP contribution in [-0.2, 0) is 22.2 Å². The molecule has 0 atom stereocenters. The second-order valence-corrected chi connectivity index (χ2v) is 13.3. The van der Waals surface area contributed by atoms with Gasteiger partial charge in [0.1, 0.15) is 5.82 Å². The van der Waals surface area contributed by atoms with Gasteiger partial charge >= 0.3 is 5.97 Å². The molecule has 2 heterocycles. The molecule has 0 bridgehead atoms. The van der Waals surface area contributed by atoms with E-state index in [1.807, 2.05) is 13.0 Å². The molecule has 1 amide bonds. The van der Waals surface area contributed by atoms with E-state index in [2.05, 4.69) is 43.3 Å². The monoisotopic (exact) mass is 518 g/mol. The van der Waals surface area contributed by atoms with E-state index in [4.69, 9.17) is 15.1 Å². The molecule has 0 aliphatic heterocycles. The average molecular weight is 519 g/mol. The zero-order valence-corrected chi connectivity index (χ0v) is 23.6. The average Bonchev–Trinajstić information content (AvgIpc) is 3.52. The van der Waals surface area contributed by atoms with E-state index >= 15 is 0 Å². The van der Waals surface area contributed by atoms with E-state index < -0.39 is 5.97 Å². The van der Waals surface area contributed by atoms with Gasteiger partial charge in [-0.15, -0.1) is 0 Å². The minimum absolute atomic E-state index is 0.0576. The Morgan fingerprint density at radius 1 is 1.13 bits per heavy atom. The largest absolute Gasteiger partial charge is 0.481 e. The Bertz CT molecular complexity index is 1230. The smallest absolute Gasteiger partial charge is 0.306 e. The summed E-state index contributed by atoms with van der Waals surface area (Å²) < 4.78 is 2.30. The molecule has 0 radical (unpaired) electrons. The van der Waals surface area contributed by atoms with Gasteiger partial charge in [0.25, 0.3) is 5.91 Å². The molecule has 3 fully saturated rings. The summed E-state index contributed by atoms with van der Waals surface area (Å²) in [6, 6.07) is 4.12. The van der Waals surface area contributed by atoms with Crippen LogP contribution in [0.15, 0.2) is 17.1 Å². The molecule has 3 aliphatic rings. The predicted octanol–water partition coefficient (Wildman–Crippen LogP) is 6.50. The van der Waals surface area contributed by atoms with Crippen LogP contribution in [0.5, 0.6) is 0 Å². The van der Waals surface area contributed by atoms with E-state index in [-0.39, 0.29) is 28.6 Å². The van der Waals surface area contributed by atoms with Gasteiger partial charge in [0.2, 0.25) is 0 Å². The van der Waals surface area contributed by atoms with Crippen molar-refractivity contribution in [2.24, 2.45) is 22.7 Å². The minimum Gasteiger partial charge on any atom is -0.481 e. The number of carbonyl (C=O) groups excluding carboxylic acids is 1. The van der Waals surface area contributed by atoms with Gasteiger partial charge in [-0.3, -0.25) is 9.59 Å². The van der Waals surface area contributed by atoms with Crippen molar-refractivity contribution in [3.05, 3.63) is 34.9 Å². The van der Waals surface area contributed by atoms with E-state index in [0.717, 1.165) is 48.0 Å². The van der Waals surface area contributed by atoms with Crippen LogP contribution >= 0.6 is 0 Å². The predicted molar refractivity (Wildman–Crippen MR) is 149 cm³/mol. The van der Waals surface area contributed by atoms with Gasteiger partial charge in [0, 0.05) is 29.3 Å². The summed E-state index contributed by atoms with van der Waals surface area (Å²) in [5, 5.41) is 9.14. The lowest BCUT2D eigenvalue weighted by atomic mass is 9.76. The molecule has 2 aromatic rings. The molecule has 38 heavy (non-hydrogen) atoms. The molecular formula is C31H42N4O3. The summed E-state index contributed by atoms with van der Waals surface area (Å²) in [7, 11) is 0. The van der Waals surface area contributed by atoms with E-state index in [1.165, 1.54) is 32.1 Å². The quantitative estimate of drug-likeness (QED) is 0.422. The first-order chi connectivity index (χ1) is 17.9. The van der Waals surface area contributed by atoms with Crippen molar-refractivity contribution >= 4 is 18.1 Å². The third kappa shape index (κ3) is 5.48. The second-order valence-electron chi connectivity index (χ2n) is 13.3. The molecule has 0 unspecified atom stereocenters. The van der Waals surface area contributed by atoms with Crippen molar-refractivity contribution in [2.75, 3.05) is 0 Å². The lowest BCUT2D eigenvalue weighted by Gasteiger charge is -2.28. The molecule has 7 nitrogen and oxygen atoms in total. The number of carboxylic acid groups (broad SMARTS) is 1. The van der Waals surface area contributed by atoms with Crippen molar-refractivity contribution in [1.29, 1.82) is 0 Å². The number of nitrogens with zero attached hydrogens (tertiary/aromatic N) is 4. The molecule has 2 aromatic heterocycles. The highest BCUT2D eigenvalue weighted by Gasteiger charge is 2.42. The van der Waals surface area contributed by atoms with Gasteiger partial charge in [-0.1, -0.05) is 47.0 Å². The molecule has 204 valence electrons. The Balaban J connectivity index is 1.52. The van der Waals surface area contributed by atoms with Crippen molar-refractivity contribution in [2.45, 2.75) is 110 Å². The molecule has 5 rings (SSSR count). The Hall–Kier alpha value is -2.83. The van der Waals surface area contributed by atoms with Gasteiger partial charge in [-0.2, -0.15) is 0 Å². The molecule has 3 saturated carbocycles. The Morgan fingerprint density at radius 3 is 2.42 bits per heavy atom. The normalized spacial score (nSPS) is 23.4. The molecule has 0 spiro atoms. The fourth-order valence-corrected chi connectivity index (χ4v) is 5.83. The topological polar surface area (TPSA) is 97.4 Å². The van der Waals surface area contributed by atoms with Crippen molar-refractivity contribution in [1.82, 2.24) is 14.5 Å². The molecular weight excluding hydrogens is 476 g/mol. The van der Waals surface area contributed by atoms with Crippen LogP contribution < -0.4 is 0 Å². The number of hydrogen-bond donors (Lipinski definition) is 1. The van der Waals surface area contributed by atoms with E-state index in [9.17, 15) is 9.59 Å². The second kappa shape index (κ2) is 10.0. The van der Waals surface area contributed by atoms with Gasteiger partial charge in [0.15, 0.2) is 0 Å². The highest BCUT2D eigenvalue weighted by Crippen LogP contribution is 2.48. The zero-order valence-electron chi connectivity index (χ0n) is 23.6. The highest BCUT2D eigenvalue weighted by atomic mass is 16.4. The molecule has 3 aliphatic carbocycles. The summed E-state index contributed by atoms with van der Waals surface area (Å²) in [6.07, 6.45) is 11.3. The van der Waals surface area contributed by atoms with Crippen LogP contribution in [0.2, 0.25) is 0 Å². The summed E-state index contributed by atoms with van der Waals surface area (Å²) in [5.41, 5.74) is 4.41. The molecule has 7 heteroatoms. The van der Waals surface area contributed by atoms with Gasteiger partial charge in [-0.25, -0.2) is 15.0 Å². The fourth-order valence-electron chi connectivity index (χ4n) is 5.83. The third-order valence-electron chi connectivity index (χ3n) is 8.97. The highest BCUT2D eigenvalue weighted by molar-refractivity contribution is 6.01. The number of aliphatic carboxylic acids is 1. The Labute approximate surface area is 226 Å². The maximum atomic E-state index is 13.3. The Kier molecular flexibility index (Phi) is 7.08. The van der Waals surface area contributed by atoms with E-state index in [1.54, 1.807) is 6.21 Å². The van der Waals surface area contributed by atoms with Crippen LogP contribution in [-0.4, -0.2) is 37.7 Å². The number of rotatable bonds is 7. The number of aliphatic imine (C=N–C) groups is 1. The third-order valence-corrected chi connectivity index (χ3v) is 8.97. The first-order valence-electron chi connectivity index (χ1n) is 14.4. The number of amides is 1. The van der Waals surface area contributed by atoms with Gasteiger partial charge in [-0.05, 0) is 69.4 Å². The summed E-state index contributed by atoms with van der Waals surface area (Å²) in [5.74, 6) is 0.146. The van der Waals surface area contributed by atoms with Crippen molar-refractivity contribution in [3.63, 3.8) is 0 Å². The minimum atomic E-state index is -0.764. The first kappa shape index (κ1) is 26.8. The summed E-state index contributed by atoms with van der Waals surface area (Å²) >= 11 is 0. The standard InChI is InChI=1S/C31H42N4O3/c1-19-23(27(36)32-17-21-13-22(14-21)28(37)38)15-25(35(19)18-20-9-7-6-8-10-20)24-16-26(31(5)11-12-31)34-29(33-24)30(2,3)4/h15-17,20-22H,6-14,18H2,1-5H3,(H,37,38)/b32-17+. The van der Waals surface area contributed by atoms with Crippen LogP contribution in [0, 0.1) is 24.7 Å². The molecule has 0 aromatic carbocycles. The number of carbonyl (C=O) groups is 2. The first-order valence-corrected chi connectivity index (χ1v) is 14.4. The van der Waals surface area contributed by atoms with E-state index in [0.29, 0.717) is 24.3 Å². The van der Waals surface area contributed by atoms with Gasteiger partial charge < -0.3 is 9.67 Å².